The van der Waals surface area contributed by atoms with Crippen molar-refractivity contribution in [1.29, 1.82) is 10.5 Å². The van der Waals surface area contributed by atoms with E-state index in [1.165, 1.54) is 4.70 Å². The lowest BCUT2D eigenvalue weighted by Gasteiger charge is -2.21. The summed E-state index contributed by atoms with van der Waals surface area (Å²) in [6.07, 6.45) is 0. The number of thiophene rings is 1. The second-order valence-corrected chi connectivity index (χ2v) is 13.9. The Kier molecular flexibility index (Phi) is 6.50. The normalized spacial score (nSPS) is 11.3. The molecule has 0 aliphatic rings. The SMILES string of the molecule is [C-]#[N+]c1ccc(-c2ccc(C#N)c(C#N)c2-n2c3ccccc3c3c4c(ccc32)sc2ccccc24)c(-n2c3ccccc3c3ccccc32)c1[N+]#[C-]. The molecule has 7 heteroatoms. The fraction of sp³-hybridized carbons (Fsp3) is 0. The van der Waals surface area contributed by atoms with Crippen molar-refractivity contribution in [3.63, 3.8) is 0 Å². The summed E-state index contributed by atoms with van der Waals surface area (Å²) in [5.41, 5.74) is 6.93. The number of nitriles is 2. The van der Waals surface area contributed by atoms with Crippen LogP contribution in [-0.4, -0.2) is 9.13 Å². The Balaban J connectivity index is 1.42. The number of aromatic nitrogens is 2. The average Bonchev–Trinajstić information content (AvgIpc) is 3.87. The highest BCUT2D eigenvalue weighted by Gasteiger charge is 2.27. The maximum absolute atomic E-state index is 10.9. The van der Waals surface area contributed by atoms with Crippen LogP contribution in [0, 0.1) is 35.8 Å². The first-order chi connectivity index (χ1) is 26.2. The lowest BCUT2D eigenvalue weighted by Crippen LogP contribution is -2.05. The minimum atomic E-state index is 0.214. The fourth-order valence-corrected chi connectivity index (χ4v) is 9.25. The fourth-order valence-electron chi connectivity index (χ4n) is 8.14. The van der Waals surface area contributed by atoms with Crippen molar-refractivity contribution >= 4 is 86.5 Å². The molecule has 53 heavy (non-hydrogen) atoms. The van der Waals surface area contributed by atoms with Crippen molar-refractivity contribution in [3.05, 3.63) is 167 Å². The lowest BCUT2D eigenvalue weighted by atomic mass is 9.94. The molecule has 0 aliphatic carbocycles. The van der Waals surface area contributed by atoms with E-state index in [4.69, 9.17) is 13.1 Å². The number of hydrogen-bond acceptors (Lipinski definition) is 3. The Hall–Kier alpha value is -7.68. The van der Waals surface area contributed by atoms with E-state index in [9.17, 15) is 10.5 Å². The maximum Gasteiger partial charge on any atom is 0.218 e. The van der Waals surface area contributed by atoms with Crippen LogP contribution in [0.4, 0.5) is 11.4 Å². The van der Waals surface area contributed by atoms with Crippen molar-refractivity contribution in [2.45, 2.75) is 0 Å². The third-order valence-corrected chi connectivity index (χ3v) is 11.4. The van der Waals surface area contributed by atoms with Gasteiger partial charge in [0.15, 0.2) is 5.69 Å². The van der Waals surface area contributed by atoms with Crippen molar-refractivity contribution in [1.82, 2.24) is 9.13 Å². The zero-order chi connectivity index (χ0) is 35.8. The number of fused-ring (bicyclic) bond motifs is 10. The summed E-state index contributed by atoms with van der Waals surface area (Å²) in [6, 6.07) is 48.8. The van der Waals surface area contributed by atoms with Gasteiger partial charge in [-0.3, -0.25) is 4.85 Å². The predicted molar refractivity (Wildman–Crippen MR) is 215 cm³/mol. The Bertz CT molecular complexity index is 3350. The third kappa shape index (κ3) is 4.09. The summed E-state index contributed by atoms with van der Waals surface area (Å²) in [5.74, 6) is 0. The molecule has 0 bridgehead atoms. The average molecular weight is 691 g/mol. The summed E-state index contributed by atoms with van der Waals surface area (Å²) in [6.45, 7) is 16.5. The van der Waals surface area contributed by atoms with E-state index in [-0.39, 0.29) is 22.5 Å². The first-order valence-electron chi connectivity index (χ1n) is 16.9. The van der Waals surface area contributed by atoms with Crippen LogP contribution >= 0.6 is 11.3 Å². The van der Waals surface area contributed by atoms with Gasteiger partial charge in [-0.25, -0.2) is 4.85 Å². The lowest BCUT2D eigenvalue weighted by molar-refractivity contribution is 1.15. The summed E-state index contributed by atoms with van der Waals surface area (Å²) in [7, 11) is 0. The van der Waals surface area contributed by atoms with Gasteiger partial charge in [-0.05, 0) is 48.0 Å². The Morgan fingerprint density at radius 1 is 0.491 bits per heavy atom. The zero-order valence-corrected chi connectivity index (χ0v) is 28.6. The topological polar surface area (TPSA) is 66.2 Å². The number of hydrogen-bond donors (Lipinski definition) is 0. The van der Waals surface area contributed by atoms with E-state index in [0.29, 0.717) is 22.5 Å². The summed E-state index contributed by atoms with van der Waals surface area (Å²) >= 11 is 1.75. The van der Waals surface area contributed by atoms with Crippen LogP contribution in [0.5, 0.6) is 0 Å². The molecule has 0 radical (unpaired) electrons. The number of benzene rings is 7. The summed E-state index contributed by atoms with van der Waals surface area (Å²) in [4.78, 5) is 7.81. The third-order valence-electron chi connectivity index (χ3n) is 10.3. The van der Waals surface area contributed by atoms with Crippen LogP contribution in [0.15, 0.2) is 133 Å². The highest BCUT2D eigenvalue weighted by molar-refractivity contribution is 7.26. The van der Waals surface area contributed by atoms with Crippen molar-refractivity contribution in [3.8, 4) is 34.6 Å². The maximum atomic E-state index is 10.9. The molecule has 10 rings (SSSR count). The zero-order valence-electron chi connectivity index (χ0n) is 27.8. The van der Waals surface area contributed by atoms with Crippen LogP contribution in [0.3, 0.4) is 0 Å². The van der Waals surface area contributed by atoms with Gasteiger partial charge in [-0.15, -0.1) is 11.3 Å². The number of nitrogens with zero attached hydrogens (tertiary/aromatic N) is 6. The van der Waals surface area contributed by atoms with E-state index >= 15 is 0 Å². The molecule has 0 saturated carbocycles. The minimum absolute atomic E-state index is 0.214. The standard InChI is InChI=1S/C46H22N6S/c1-49-35-22-21-31(46(44(35)50-2)51-36-15-7-3-11-28(36)29-12-4-8-16-37(29)51)30-20-19-27(25-47)34(26-48)45(30)52-38-17-9-5-13-32(38)42-39(52)23-24-41-43(42)33-14-6-10-18-40(33)53-41/h3-24H. The van der Waals surface area contributed by atoms with Gasteiger partial charge in [0.25, 0.3) is 0 Å². The van der Waals surface area contributed by atoms with E-state index in [0.717, 1.165) is 59.1 Å². The second kappa shape index (κ2) is 11.4. The van der Waals surface area contributed by atoms with Gasteiger partial charge in [0.05, 0.1) is 52.0 Å². The molecule has 0 unspecified atom stereocenters. The first kappa shape index (κ1) is 30.2. The van der Waals surface area contributed by atoms with Gasteiger partial charge in [0, 0.05) is 53.0 Å². The van der Waals surface area contributed by atoms with Gasteiger partial charge < -0.3 is 9.13 Å². The van der Waals surface area contributed by atoms with E-state index in [2.05, 4.69) is 91.6 Å². The molecule has 0 N–H and O–H groups in total. The summed E-state index contributed by atoms with van der Waals surface area (Å²) < 4.78 is 6.54. The molecular weight excluding hydrogens is 669 g/mol. The molecule has 0 saturated heterocycles. The highest BCUT2D eigenvalue weighted by atomic mass is 32.1. The number of para-hydroxylation sites is 3. The first-order valence-corrected chi connectivity index (χ1v) is 17.7. The van der Waals surface area contributed by atoms with Crippen LogP contribution in [0.25, 0.3) is 96.0 Å². The number of rotatable bonds is 3. The molecular formula is C46H22N6S. The Morgan fingerprint density at radius 3 is 1.74 bits per heavy atom. The van der Waals surface area contributed by atoms with Gasteiger partial charge in [-0.1, -0.05) is 91.0 Å². The molecule has 3 aromatic heterocycles. The predicted octanol–water partition coefficient (Wildman–Crippen LogP) is 12.8. The van der Waals surface area contributed by atoms with E-state index in [1.807, 2.05) is 60.7 Å². The smallest absolute Gasteiger partial charge is 0.218 e. The Labute approximate surface area is 307 Å². The van der Waals surface area contributed by atoms with Crippen LogP contribution in [0.2, 0.25) is 0 Å². The molecule has 0 spiro atoms. The van der Waals surface area contributed by atoms with Gasteiger partial charge in [-0.2, -0.15) is 10.5 Å². The van der Waals surface area contributed by atoms with Gasteiger partial charge >= 0.3 is 0 Å². The van der Waals surface area contributed by atoms with Crippen molar-refractivity contribution in [2.24, 2.45) is 0 Å². The molecule has 0 fully saturated rings. The summed E-state index contributed by atoms with van der Waals surface area (Å²) in [5, 5.41) is 27.8. The molecule has 7 aromatic carbocycles. The Morgan fingerprint density at radius 2 is 1.08 bits per heavy atom. The van der Waals surface area contributed by atoms with Crippen LogP contribution in [-0.2, 0) is 0 Å². The van der Waals surface area contributed by atoms with Gasteiger partial charge in [0.2, 0.25) is 5.69 Å². The quantitative estimate of drug-likeness (QED) is 0.173. The van der Waals surface area contributed by atoms with E-state index in [1.54, 1.807) is 23.5 Å². The second-order valence-electron chi connectivity index (χ2n) is 12.8. The van der Waals surface area contributed by atoms with Gasteiger partial charge in [0.1, 0.15) is 12.1 Å². The molecule has 6 nitrogen and oxygen atoms in total. The molecule has 0 amide bonds. The van der Waals surface area contributed by atoms with Crippen molar-refractivity contribution < 1.29 is 0 Å². The molecule has 0 aliphatic heterocycles. The largest absolute Gasteiger partial charge is 0.320 e. The van der Waals surface area contributed by atoms with Crippen LogP contribution < -0.4 is 0 Å². The monoisotopic (exact) mass is 690 g/mol. The molecule has 242 valence electrons. The van der Waals surface area contributed by atoms with Crippen molar-refractivity contribution in [2.75, 3.05) is 0 Å². The van der Waals surface area contributed by atoms with E-state index < -0.39 is 0 Å². The highest BCUT2D eigenvalue weighted by Crippen LogP contribution is 2.49. The molecule has 3 heterocycles. The molecule has 0 atom stereocenters. The minimum Gasteiger partial charge on any atom is -0.320 e. The van der Waals surface area contributed by atoms with Crippen LogP contribution in [0.1, 0.15) is 11.1 Å². The molecule has 10 aromatic rings.